The van der Waals surface area contributed by atoms with E-state index in [0.717, 1.165) is 11.2 Å². The summed E-state index contributed by atoms with van der Waals surface area (Å²) in [5.74, 6) is 0. The van der Waals surface area contributed by atoms with E-state index in [9.17, 15) is 0 Å². The molecule has 0 radical (unpaired) electrons. The van der Waals surface area contributed by atoms with Crippen LogP contribution in [0.3, 0.4) is 0 Å². The average molecular weight is 174 g/mol. The highest BCUT2D eigenvalue weighted by molar-refractivity contribution is 5.45. The van der Waals surface area contributed by atoms with E-state index < -0.39 is 0 Å². The van der Waals surface area contributed by atoms with Crippen molar-refractivity contribution in [1.82, 2.24) is 9.38 Å². The molecule has 13 heavy (non-hydrogen) atoms. The number of fused-ring (bicyclic) bond motifs is 1. The molecule has 2 aromatic rings. The molecule has 0 aromatic carbocycles. The lowest BCUT2D eigenvalue weighted by atomic mass is 9.93. The molecule has 0 atom stereocenters. The molecule has 0 spiro atoms. The quantitative estimate of drug-likeness (QED) is 0.600. The molecule has 0 N–H and O–H groups in total. The highest BCUT2D eigenvalue weighted by Gasteiger charge is 2.15. The van der Waals surface area contributed by atoms with Gasteiger partial charge in [0.2, 0.25) is 0 Å². The van der Waals surface area contributed by atoms with Gasteiger partial charge in [-0.25, -0.2) is 0 Å². The lowest BCUT2D eigenvalue weighted by Gasteiger charge is -2.17. The number of hydrogen-bond acceptors (Lipinski definition) is 1. The Morgan fingerprint density at radius 2 is 2.08 bits per heavy atom. The summed E-state index contributed by atoms with van der Waals surface area (Å²) < 4.78 is 2.10. The summed E-state index contributed by atoms with van der Waals surface area (Å²) in [5, 5.41) is 0. The van der Waals surface area contributed by atoms with Gasteiger partial charge in [-0.15, -0.1) is 0 Å². The minimum absolute atomic E-state index is 0.123. The van der Waals surface area contributed by atoms with Gasteiger partial charge in [0.25, 0.3) is 0 Å². The molecule has 0 aliphatic heterocycles. The molecule has 2 heteroatoms. The molecule has 0 aliphatic rings. The first-order valence-electron chi connectivity index (χ1n) is 4.50. The number of rotatable bonds is 0. The van der Waals surface area contributed by atoms with Crippen LogP contribution in [0.15, 0.2) is 30.7 Å². The van der Waals surface area contributed by atoms with E-state index in [-0.39, 0.29) is 5.41 Å². The predicted octanol–water partition coefficient (Wildman–Crippen LogP) is 2.63. The van der Waals surface area contributed by atoms with Gasteiger partial charge < -0.3 is 4.40 Å². The zero-order chi connectivity index (χ0) is 9.47. The van der Waals surface area contributed by atoms with Crippen molar-refractivity contribution in [2.24, 2.45) is 0 Å². The summed E-state index contributed by atoms with van der Waals surface area (Å²) in [6, 6.07) is 4.09. The summed E-state index contributed by atoms with van der Waals surface area (Å²) in [6.07, 6.45) is 6.06. The fourth-order valence-corrected chi connectivity index (χ4v) is 1.32. The highest BCUT2D eigenvalue weighted by atomic mass is 14.9. The summed E-state index contributed by atoms with van der Waals surface area (Å²) in [7, 11) is 0. The maximum atomic E-state index is 4.43. The van der Waals surface area contributed by atoms with Crippen molar-refractivity contribution >= 4 is 5.52 Å². The van der Waals surface area contributed by atoms with E-state index in [0.29, 0.717) is 0 Å². The van der Waals surface area contributed by atoms with Crippen LogP contribution in [0.2, 0.25) is 0 Å². The van der Waals surface area contributed by atoms with E-state index in [1.807, 2.05) is 18.5 Å². The second-order valence-corrected chi connectivity index (χ2v) is 4.36. The van der Waals surface area contributed by atoms with Crippen molar-refractivity contribution in [1.29, 1.82) is 0 Å². The Morgan fingerprint density at radius 1 is 1.31 bits per heavy atom. The Hall–Kier alpha value is -1.31. The van der Waals surface area contributed by atoms with Crippen LogP contribution in [0.25, 0.3) is 5.52 Å². The van der Waals surface area contributed by atoms with E-state index in [1.54, 1.807) is 0 Å². The molecule has 2 rings (SSSR count). The normalized spacial score (nSPS) is 12.2. The average Bonchev–Trinajstić information content (AvgIpc) is 2.47. The second kappa shape index (κ2) is 2.59. The highest BCUT2D eigenvalue weighted by Crippen LogP contribution is 2.19. The fraction of sp³-hybridized carbons (Fsp3) is 0.364. The molecule has 0 aliphatic carbocycles. The van der Waals surface area contributed by atoms with Crippen LogP contribution in [0.1, 0.15) is 26.5 Å². The van der Waals surface area contributed by atoms with E-state index in [1.165, 1.54) is 0 Å². The zero-order valence-electron chi connectivity index (χ0n) is 8.28. The molecule has 2 aromatic heterocycles. The molecule has 2 heterocycles. The van der Waals surface area contributed by atoms with Crippen LogP contribution in [0, 0.1) is 0 Å². The Bertz CT molecular complexity index is 421. The zero-order valence-corrected chi connectivity index (χ0v) is 8.28. The van der Waals surface area contributed by atoms with Gasteiger partial charge in [0.05, 0.1) is 17.4 Å². The van der Waals surface area contributed by atoms with Gasteiger partial charge in [0.1, 0.15) is 0 Å². The van der Waals surface area contributed by atoms with Crippen molar-refractivity contribution < 1.29 is 0 Å². The van der Waals surface area contributed by atoms with Crippen LogP contribution in [-0.4, -0.2) is 9.38 Å². The predicted molar refractivity (Wildman–Crippen MR) is 53.9 cm³/mol. The molecule has 2 nitrogen and oxygen atoms in total. The van der Waals surface area contributed by atoms with Gasteiger partial charge in [-0.3, -0.25) is 4.98 Å². The molecule has 68 valence electrons. The van der Waals surface area contributed by atoms with Crippen molar-refractivity contribution in [2.45, 2.75) is 26.2 Å². The molecular formula is C11H14N2. The molecular weight excluding hydrogens is 160 g/mol. The molecule has 0 saturated carbocycles. The lowest BCUT2D eigenvalue weighted by molar-refractivity contribution is 0.565. The molecule has 0 bridgehead atoms. The van der Waals surface area contributed by atoms with Crippen molar-refractivity contribution in [2.75, 3.05) is 0 Å². The first kappa shape index (κ1) is 8.30. The minimum atomic E-state index is 0.123. The largest absolute Gasteiger partial charge is 0.321 e. The molecule has 0 amide bonds. The SMILES string of the molecule is CC(C)(C)c1cn2cccc2cn1. The molecule has 0 unspecified atom stereocenters. The van der Waals surface area contributed by atoms with Crippen LogP contribution in [-0.2, 0) is 5.41 Å². The van der Waals surface area contributed by atoms with Crippen LogP contribution in [0.4, 0.5) is 0 Å². The van der Waals surface area contributed by atoms with Gasteiger partial charge in [-0.2, -0.15) is 0 Å². The van der Waals surface area contributed by atoms with E-state index >= 15 is 0 Å². The monoisotopic (exact) mass is 174 g/mol. The summed E-state index contributed by atoms with van der Waals surface area (Å²) in [6.45, 7) is 6.51. The van der Waals surface area contributed by atoms with Crippen molar-refractivity contribution in [3.05, 3.63) is 36.4 Å². The maximum absolute atomic E-state index is 4.43. The van der Waals surface area contributed by atoms with Gasteiger partial charge in [0.15, 0.2) is 0 Å². The smallest absolute Gasteiger partial charge is 0.0634 e. The first-order chi connectivity index (χ1) is 6.07. The minimum Gasteiger partial charge on any atom is -0.321 e. The maximum Gasteiger partial charge on any atom is 0.0634 e. The van der Waals surface area contributed by atoms with E-state index in [4.69, 9.17) is 0 Å². The Labute approximate surface area is 78.2 Å². The van der Waals surface area contributed by atoms with Gasteiger partial charge in [-0.1, -0.05) is 20.8 Å². The lowest BCUT2D eigenvalue weighted by Crippen LogP contribution is -2.14. The third-order valence-electron chi connectivity index (χ3n) is 2.18. The third kappa shape index (κ3) is 1.44. The van der Waals surface area contributed by atoms with Gasteiger partial charge in [-0.05, 0) is 12.1 Å². The summed E-state index contributed by atoms with van der Waals surface area (Å²) in [4.78, 5) is 4.43. The van der Waals surface area contributed by atoms with Crippen LogP contribution < -0.4 is 0 Å². The van der Waals surface area contributed by atoms with Crippen molar-refractivity contribution in [3.63, 3.8) is 0 Å². The van der Waals surface area contributed by atoms with Crippen LogP contribution >= 0.6 is 0 Å². The second-order valence-electron chi connectivity index (χ2n) is 4.36. The topological polar surface area (TPSA) is 17.3 Å². The molecule has 0 fully saturated rings. The fourth-order valence-electron chi connectivity index (χ4n) is 1.32. The molecule has 0 saturated heterocycles. The Balaban J connectivity index is 2.61. The van der Waals surface area contributed by atoms with Crippen LogP contribution in [0.5, 0.6) is 0 Å². The Kier molecular flexibility index (Phi) is 1.65. The standard InChI is InChI=1S/C11H14N2/c1-11(2,3)10-8-13-6-4-5-9(13)7-12-10/h4-8H,1-3H3. The van der Waals surface area contributed by atoms with Gasteiger partial charge in [0, 0.05) is 17.8 Å². The third-order valence-corrected chi connectivity index (χ3v) is 2.18. The van der Waals surface area contributed by atoms with Gasteiger partial charge >= 0.3 is 0 Å². The number of hydrogen-bond donors (Lipinski definition) is 0. The number of nitrogens with zero attached hydrogens (tertiary/aromatic N) is 2. The van der Waals surface area contributed by atoms with E-state index in [2.05, 4.69) is 42.4 Å². The van der Waals surface area contributed by atoms with Crippen molar-refractivity contribution in [3.8, 4) is 0 Å². The first-order valence-corrected chi connectivity index (χ1v) is 4.50. The summed E-state index contributed by atoms with van der Waals surface area (Å²) >= 11 is 0. The Morgan fingerprint density at radius 3 is 2.77 bits per heavy atom. The number of aromatic nitrogens is 2. The summed E-state index contributed by atoms with van der Waals surface area (Å²) in [5.41, 5.74) is 2.39.